The van der Waals surface area contributed by atoms with Gasteiger partial charge in [0.2, 0.25) is 5.78 Å². The molecule has 3 aromatic carbocycles. The van der Waals surface area contributed by atoms with Gasteiger partial charge in [0.25, 0.3) is 0 Å². The summed E-state index contributed by atoms with van der Waals surface area (Å²) >= 11 is 1.51. The fraction of sp³-hybridized carbons (Fsp3) is 0.250. The maximum atomic E-state index is 13.5. The molecule has 0 radical (unpaired) electrons. The minimum Gasteiger partial charge on any atom is -0.497 e. The van der Waals surface area contributed by atoms with Crippen LogP contribution in [0.2, 0.25) is 0 Å². The molecule has 0 N–H and O–H groups in total. The normalized spacial score (nSPS) is 14.3. The molecule has 0 spiro atoms. The molecule has 1 aliphatic rings. The van der Waals surface area contributed by atoms with Gasteiger partial charge in [-0.15, -0.1) is 11.3 Å². The monoisotopic (exact) mass is 473 g/mol. The zero-order valence-corrected chi connectivity index (χ0v) is 20.0. The van der Waals surface area contributed by atoms with E-state index in [1.807, 2.05) is 72.8 Å². The Balaban J connectivity index is 1.43. The van der Waals surface area contributed by atoms with Crippen LogP contribution in [0.25, 0.3) is 21.2 Å². The lowest BCUT2D eigenvalue weighted by Gasteiger charge is -2.26. The molecule has 0 bridgehead atoms. The summed E-state index contributed by atoms with van der Waals surface area (Å²) in [4.78, 5) is 16.5. The summed E-state index contributed by atoms with van der Waals surface area (Å²) in [6, 6.07) is 23.5. The van der Waals surface area contributed by atoms with Crippen LogP contribution in [0.4, 0.5) is 0 Å². The van der Waals surface area contributed by atoms with Crippen LogP contribution >= 0.6 is 11.3 Å². The predicted molar refractivity (Wildman–Crippen MR) is 136 cm³/mol. The SMILES string of the molecule is COc1ccc2c(-c3ccc(OCCN4CCOCC4)cc3)c(C(=O)c3ccccc3)sc2c1. The van der Waals surface area contributed by atoms with Crippen LogP contribution in [0.5, 0.6) is 11.5 Å². The summed E-state index contributed by atoms with van der Waals surface area (Å²) in [7, 11) is 1.66. The van der Waals surface area contributed by atoms with Gasteiger partial charge in [0.15, 0.2) is 0 Å². The molecule has 0 unspecified atom stereocenters. The van der Waals surface area contributed by atoms with Crippen molar-refractivity contribution in [1.29, 1.82) is 0 Å². The highest BCUT2D eigenvalue weighted by Crippen LogP contribution is 2.41. The lowest BCUT2D eigenvalue weighted by atomic mass is 9.98. The number of morpholine rings is 1. The largest absolute Gasteiger partial charge is 0.497 e. The molecule has 1 aromatic heterocycles. The van der Waals surface area contributed by atoms with Gasteiger partial charge >= 0.3 is 0 Å². The summed E-state index contributed by atoms with van der Waals surface area (Å²) in [6.45, 7) is 5.02. The zero-order chi connectivity index (χ0) is 23.3. The third kappa shape index (κ3) is 4.85. The summed E-state index contributed by atoms with van der Waals surface area (Å²) in [5.74, 6) is 1.64. The van der Waals surface area contributed by atoms with Crippen LogP contribution in [0.15, 0.2) is 72.8 Å². The van der Waals surface area contributed by atoms with Gasteiger partial charge in [-0.2, -0.15) is 0 Å². The average Bonchev–Trinajstić information content (AvgIpc) is 3.28. The Morgan fingerprint density at radius 3 is 2.44 bits per heavy atom. The third-order valence-electron chi connectivity index (χ3n) is 6.06. The Labute approximate surface area is 203 Å². The number of rotatable bonds is 8. The number of thiophene rings is 1. The number of methoxy groups -OCH3 is 1. The van der Waals surface area contributed by atoms with Gasteiger partial charge in [0, 0.05) is 40.8 Å². The Kier molecular flexibility index (Phi) is 6.90. The number of benzene rings is 3. The Morgan fingerprint density at radius 2 is 1.71 bits per heavy atom. The maximum Gasteiger partial charge on any atom is 0.203 e. The molecule has 1 saturated heterocycles. The van der Waals surface area contributed by atoms with Crippen LogP contribution in [-0.2, 0) is 4.74 Å². The van der Waals surface area contributed by atoms with Gasteiger partial charge in [-0.25, -0.2) is 0 Å². The molecule has 0 aliphatic carbocycles. The molecule has 0 saturated carbocycles. The zero-order valence-electron chi connectivity index (χ0n) is 19.2. The van der Waals surface area contributed by atoms with Gasteiger partial charge in [0.1, 0.15) is 18.1 Å². The summed E-state index contributed by atoms with van der Waals surface area (Å²) in [5.41, 5.74) is 2.64. The first-order valence-corrected chi connectivity index (χ1v) is 12.3. The number of hydrogen-bond donors (Lipinski definition) is 0. The number of carbonyl (C=O) groups excluding carboxylic acids is 1. The van der Waals surface area contributed by atoms with E-state index < -0.39 is 0 Å². The van der Waals surface area contributed by atoms with Crippen molar-refractivity contribution in [2.24, 2.45) is 0 Å². The molecule has 0 atom stereocenters. The third-order valence-corrected chi connectivity index (χ3v) is 7.21. The molecule has 0 amide bonds. The highest BCUT2D eigenvalue weighted by Gasteiger charge is 2.21. The van der Waals surface area contributed by atoms with Crippen molar-refractivity contribution in [3.8, 4) is 22.6 Å². The fourth-order valence-corrected chi connectivity index (χ4v) is 5.42. The second kappa shape index (κ2) is 10.4. The molecule has 5 nitrogen and oxygen atoms in total. The minimum absolute atomic E-state index is 0.0293. The summed E-state index contributed by atoms with van der Waals surface area (Å²) in [5, 5.41) is 1.05. The molecule has 4 aromatic rings. The van der Waals surface area contributed by atoms with E-state index in [4.69, 9.17) is 14.2 Å². The van der Waals surface area contributed by atoms with E-state index >= 15 is 0 Å². The van der Waals surface area contributed by atoms with Gasteiger partial charge in [-0.3, -0.25) is 9.69 Å². The fourth-order valence-electron chi connectivity index (χ4n) is 4.21. The van der Waals surface area contributed by atoms with E-state index in [2.05, 4.69) is 4.90 Å². The molecule has 2 heterocycles. The number of ether oxygens (including phenoxy) is 3. The number of fused-ring (bicyclic) bond motifs is 1. The molecule has 1 aliphatic heterocycles. The van der Waals surface area contributed by atoms with E-state index in [1.165, 1.54) is 11.3 Å². The van der Waals surface area contributed by atoms with E-state index in [0.717, 1.165) is 70.4 Å². The number of hydrogen-bond acceptors (Lipinski definition) is 6. The average molecular weight is 474 g/mol. The van der Waals surface area contributed by atoms with Crippen LogP contribution in [-0.4, -0.2) is 57.2 Å². The number of carbonyl (C=O) groups is 1. The van der Waals surface area contributed by atoms with E-state index in [9.17, 15) is 4.79 Å². The van der Waals surface area contributed by atoms with E-state index in [-0.39, 0.29) is 5.78 Å². The second-order valence-electron chi connectivity index (χ2n) is 8.19. The van der Waals surface area contributed by atoms with Crippen molar-refractivity contribution < 1.29 is 19.0 Å². The van der Waals surface area contributed by atoms with Crippen molar-refractivity contribution in [3.05, 3.63) is 83.2 Å². The molecule has 174 valence electrons. The Bertz CT molecular complexity index is 1260. The topological polar surface area (TPSA) is 48.0 Å². The lowest BCUT2D eigenvalue weighted by molar-refractivity contribution is 0.0322. The van der Waals surface area contributed by atoms with Crippen molar-refractivity contribution >= 4 is 27.2 Å². The highest BCUT2D eigenvalue weighted by molar-refractivity contribution is 7.21. The van der Waals surface area contributed by atoms with Crippen LogP contribution in [0.3, 0.4) is 0 Å². The molecule has 34 heavy (non-hydrogen) atoms. The van der Waals surface area contributed by atoms with Gasteiger partial charge in [0.05, 0.1) is 25.2 Å². The van der Waals surface area contributed by atoms with Crippen molar-refractivity contribution in [3.63, 3.8) is 0 Å². The molecular weight excluding hydrogens is 446 g/mol. The first kappa shape index (κ1) is 22.6. The highest BCUT2D eigenvalue weighted by atomic mass is 32.1. The number of ketones is 1. The molecule has 6 heteroatoms. The van der Waals surface area contributed by atoms with Crippen molar-refractivity contribution in [2.45, 2.75) is 0 Å². The Morgan fingerprint density at radius 1 is 0.971 bits per heavy atom. The number of nitrogens with zero attached hydrogens (tertiary/aromatic N) is 1. The standard InChI is InChI=1S/C28H27NO4S/c1-31-23-11-12-24-25(19-23)34-28(27(30)21-5-3-2-4-6-21)26(24)20-7-9-22(10-8-20)33-18-15-29-13-16-32-17-14-29/h2-12,19H,13-18H2,1H3. The van der Waals surface area contributed by atoms with E-state index in [0.29, 0.717) is 12.2 Å². The van der Waals surface area contributed by atoms with Gasteiger partial charge in [-0.1, -0.05) is 42.5 Å². The van der Waals surface area contributed by atoms with Crippen LogP contribution in [0, 0.1) is 0 Å². The second-order valence-corrected chi connectivity index (χ2v) is 9.24. The smallest absolute Gasteiger partial charge is 0.203 e. The Hall–Kier alpha value is -3.19. The van der Waals surface area contributed by atoms with Crippen LogP contribution in [0.1, 0.15) is 15.2 Å². The van der Waals surface area contributed by atoms with Crippen molar-refractivity contribution in [1.82, 2.24) is 4.90 Å². The molecular formula is C28H27NO4S. The predicted octanol–water partition coefficient (Wildman–Crippen LogP) is 5.52. The minimum atomic E-state index is 0.0293. The summed E-state index contributed by atoms with van der Waals surface area (Å²) < 4.78 is 17.8. The first-order chi connectivity index (χ1) is 16.7. The van der Waals surface area contributed by atoms with E-state index in [1.54, 1.807) is 7.11 Å². The van der Waals surface area contributed by atoms with Crippen LogP contribution < -0.4 is 9.47 Å². The lowest BCUT2D eigenvalue weighted by Crippen LogP contribution is -2.38. The molecule has 1 fully saturated rings. The molecule has 5 rings (SSSR count). The summed E-state index contributed by atoms with van der Waals surface area (Å²) in [6.07, 6.45) is 0. The van der Waals surface area contributed by atoms with Crippen molar-refractivity contribution in [2.75, 3.05) is 46.6 Å². The van der Waals surface area contributed by atoms with Gasteiger partial charge < -0.3 is 14.2 Å². The van der Waals surface area contributed by atoms with Gasteiger partial charge in [-0.05, 0) is 35.9 Å². The first-order valence-electron chi connectivity index (χ1n) is 11.5. The maximum absolute atomic E-state index is 13.5. The quantitative estimate of drug-likeness (QED) is 0.316.